The van der Waals surface area contributed by atoms with Gasteiger partial charge in [0.15, 0.2) is 11.5 Å². The quantitative estimate of drug-likeness (QED) is 0.358. The first-order chi connectivity index (χ1) is 15.0. The third kappa shape index (κ3) is 6.38. The Hall–Kier alpha value is -2.22. The number of nitrogens with zero attached hydrogens (tertiary/aromatic N) is 4. The molecule has 0 spiro atoms. The maximum absolute atomic E-state index is 6.53. The van der Waals surface area contributed by atoms with Gasteiger partial charge in [-0.1, -0.05) is 59.3 Å². The van der Waals surface area contributed by atoms with Crippen LogP contribution in [0.1, 0.15) is 37.8 Å². The summed E-state index contributed by atoms with van der Waals surface area (Å²) < 4.78 is 13.5. The van der Waals surface area contributed by atoms with E-state index >= 15 is 0 Å². The van der Waals surface area contributed by atoms with E-state index in [9.17, 15) is 0 Å². The molecule has 0 aliphatic heterocycles. The summed E-state index contributed by atoms with van der Waals surface area (Å²) in [7, 11) is 0. The van der Waals surface area contributed by atoms with Crippen LogP contribution in [0.15, 0.2) is 30.3 Å². The molecule has 31 heavy (non-hydrogen) atoms. The molecule has 166 valence electrons. The van der Waals surface area contributed by atoms with Gasteiger partial charge in [-0.2, -0.15) is 0 Å². The zero-order valence-corrected chi connectivity index (χ0v) is 19.6. The van der Waals surface area contributed by atoms with Gasteiger partial charge in [0, 0.05) is 28.7 Å². The summed E-state index contributed by atoms with van der Waals surface area (Å²) in [5, 5.41) is 16.6. The molecule has 1 aromatic heterocycles. The van der Waals surface area contributed by atoms with Crippen molar-refractivity contribution >= 4 is 40.8 Å². The van der Waals surface area contributed by atoms with Crippen LogP contribution < -0.4 is 14.8 Å². The highest BCUT2D eigenvalue weighted by Crippen LogP contribution is 2.38. The van der Waals surface area contributed by atoms with E-state index in [0.717, 1.165) is 30.5 Å². The molecule has 0 aliphatic rings. The summed E-state index contributed by atoms with van der Waals surface area (Å²) in [5.74, 6) is 1.63. The summed E-state index contributed by atoms with van der Waals surface area (Å²) in [6.07, 6.45) is 2.07. The molecule has 0 bridgehead atoms. The number of hydrogen-bond donors (Lipinski definition) is 1. The number of halogens is 3. The number of nitrogens with one attached hydrogen (secondary N) is 1. The molecular formula is C21H24Cl3N5O2. The third-order valence-corrected chi connectivity index (χ3v) is 5.33. The van der Waals surface area contributed by atoms with Gasteiger partial charge in [0.2, 0.25) is 5.95 Å². The number of aromatic nitrogens is 4. The number of rotatable bonds is 11. The number of anilines is 1. The fourth-order valence-corrected chi connectivity index (χ4v) is 3.64. The van der Waals surface area contributed by atoms with E-state index < -0.39 is 0 Å². The van der Waals surface area contributed by atoms with E-state index in [2.05, 4.69) is 27.8 Å². The molecule has 0 aliphatic carbocycles. The van der Waals surface area contributed by atoms with Crippen LogP contribution in [0.3, 0.4) is 0 Å². The van der Waals surface area contributed by atoms with Gasteiger partial charge < -0.3 is 14.8 Å². The number of benzene rings is 2. The van der Waals surface area contributed by atoms with Crippen LogP contribution in [0.2, 0.25) is 15.1 Å². The minimum atomic E-state index is 0.236. The molecule has 3 rings (SSSR count). The Morgan fingerprint density at radius 2 is 1.87 bits per heavy atom. The smallest absolute Gasteiger partial charge is 0.243 e. The molecule has 7 nitrogen and oxygen atoms in total. The van der Waals surface area contributed by atoms with Crippen molar-refractivity contribution in [2.45, 2.75) is 46.4 Å². The van der Waals surface area contributed by atoms with Crippen molar-refractivity contribution in [1.29, 1.82) is 0 Å². The lowest BCUT2D eigenvalue weighted by Gasteiger charge is -2.16. The lowest BCUT2D eigenvalue weighted by molar-refractivity contribution is 0.269. The zero-order chi connectivity index (χ0) is 22.2. The number of aryl methyl sites for hydroxylation is 1. The molecule has 0 amide bonds. The standard InChI is InChI=1S/C21H24Cl3N5O2/c1-3-5-8-29-21(26-27-28-29)25-12-14-9-18(24)20(19(10-14)30-4-2)31-13-15-6-7-16(22)11-17(15)23/h6-7,9-11H,3-5,8,12-13H2,1-2H3,(H,25,26,28). The van der Waals surface area contributed by atoms with Gasteiger partial charge in [-0.3, -0.25) is 0 Å². The molecule has 1 heterocycles. The average Bonchev–Trinajstić information content (AvgIpc) is 3.19. The Balaban J connectivity index is 1.73. The van der Waals surface area contributed by atoms with Gasteiger partial charge in [-0.25, -0.2) is 4.68 Å². The number of tetrazole rings is 1. The monoisotopic (exact) mass is 483 g/mol. The fourth-order valence-electron chi connectivity index (χ4n) is 2.89. The average molecular weight is 485 g/mol. The number of hydrogen-bond acceptors (Lipinski definition) is 6. The second-order valence-electron chi connectivity index (χ2n) is 6.80. The van der Waals surface area contributed by atoms with Crippen molar-refractivity contribution in [2.75, 3.05) is 11.9 Å². The van der Waals surface area contributed by atoms with Gasteiger partial charge >= 0.3 is 0 Å². The predicted octanol–water partition coefficient (Wildman–Crippen LogP) is 6.02. The summed E-state index contributed by atoms with van der Waals surface area (Å²) in [6, 6.07) is 8.98. The molecule has 0 unspecified atom stereocenters. The summed E-state index contributed by atoms with van der Waals surface area (Å²) in [4.78, 5) is 0. The summed E-state index contributed by atoms with van der Waals surface area (Å²) in [5.41, 5.74) is 1.71. The first kappa shape index (κ1) is 23.4. The molecule has 0 radical (unpaired) electrons. The Labute approximate surface area is 196 Å². The number of unbranched alkanes of at least 4 members (excludes halogenated alkanes) is 1. The van der Waals surface area contributed by atoms with Crippen LogP contribution in [0.25, 0.3) is 0 Å². The lowest BCUT2D eigenvalue weighted by atomic mass is 10.2. The van der Waals surface area contributed by atoms with E-state index in [0.29, 0.717) is 45.7 Å². The molecule has 0 saturated heterocycles. The maximum atomic E-state index is 6.53. The molecule has 10 heteroatoms. The van der Waals surface area contributed by atoms with Crippen LogP contribution in [0.4, 0.5) is 5.95 Å². The van der Waals surface area contributed by atoms with Gasteiger partial charge in [0.25, 0.3) is 0 Å². The van der Waals surface area contributed by atoms with E-state index in [1.54, 1.807) is 16.8 Å². The first-order valence-electron chi connectivity index (χ1n) is 10.0. The topological polar surface area (TPSA) is 74.1 Å². The largest absolute Gasteiger partial charge is 0.490 e. The highest BCUT2D eigenvalue weighted by Gasteiger charge is 2.15. The molecule has 1 N–H and O–H groups in total. The van der Waals surface area contributed by atoms with E-state index in [4.69, 9.17) is 44.3 Å². The fraction of sp³-hybridized carbons (Fsp3) is 0.381. The van der Waals surface area contributed by atoms with Crippen molar-refractivity contribution in [2.24, 2.45) is 0 Å². The van der Waals surface area contributed by atoms with Gasteiger partial charge in [0.05, 0.1) is 11.6 Å². The van der Waals surface area contributed by atoms with Gasteiger partial charge in [0.1, 0.15) is 6.61 Å². The van der Waals surface area contributed by atoms with Crippen molar-refractivity contribution in [3.63, 3.8) is 0 Å². The Morgan fingerprint density at radius 1 is 1.03 bits per heavy atom. The minimum Gasteiger partial charge on any atom is -0.490 e. The molecule has 3 aromatic rings. The van der Waals surface area contributed by atoms with Crippen LogP contribution in [0, 0.1) is 0 Å². The van der Waals surface area contributed by atoms with E-state index in [1.165, 1.54) is 0 Å². The van der Waals surface area contributed by atoms with Crippen molar-refractivity contribution in [3.05, 3.63) is 56.5 Å². The zero-order valence-electron chi connectivity index (χ0n) is 17.4. The van der Waals surface area contributed by atoms with Gasteiger partial charge in [-0.05, 0) is 53.6 Å². The van der Waals surface area contributed by atoms with E-state index in [1.807, 2.05) is 25.1 Å². The van der Waals surface area contributed by atoms with Crippen LogP contribution >= 0.6 is 34.8 Å². The highest BCUT2D eigenvalue weighted by molar-refractivity contribution is 6.35. The second-order valence-corrected chi connectivity index (χ2v) is 8.05. The SMILES string of the molecule is CCCCn1nnnc1NCc1cc(Cl)c(OCc2ccc(Cl)cc2Cl)c(OCC)c1. The minimum absolute atomic E-state index is 0.236. The molecular weight excluding hydrogens is 461 g/mol. The van der Waals surface area contributed by atoms with Crippen LogP contribution in [-0.2, 0) is 19.7 Å². The van der Waals surface area contributed by atoms with Crippen molar-refractivity contribution in [1.82, 2.24) is 20.2 Å². The van der Waals surface area contributed by atoms with Crippen LogP contribution in [-0.4, -0.2) is 26.8 Å². The molecule has 0 atom stereocenters. The number of ether oxygens (including phenoxy) is 2. The van der Waals surface area contributed by atoms with Crippen molar-refractivity contribution < 1.29 is 9.47 Å². The molecule has 0 fully saturated rings. The third-order valence-electron chi connectivity index (χ3n) is 4.46. The molecule has 0 saturated carbocycles. The van der Waals surface area contributed by atoms with E-state index in [-0.39, 0.29) is 6.61 Å². The summed E-state index contributed by atoms with van der Waals surface area (Å²) in [6.45, 7) is 5.98. The highest BCUT2D eigenvalue weighted by atomic mass is 35.5. The molecule has 2 aromatic carbocycles. The summed E-state index contributed by atoms with van der Waals surface area (Å²) >= 11 is 18.7. The Morgan fingerprint density at radius 3 is 2.61 bits per heavy atom. The Kier molecular flexibility index (Phi) is 8.63. The first-order valence-corrected chi connectivity index (χ1v) is 11.2. The lowest BCUT2D eigenvalue weighted by Crippen LogP contribution is -2.09. The predicted molar refractivity (Wildman–Crippen MR) is 123 cm³/mol. The second kappa shape index (κ2) is 11.4. The maximum Gasteiger partial charge on any atom is 0.243 e. The Bertz CT molecular complexity index is 1010. The van der Waals surface area contributed by atoms with Gasteiger partial charge in [-0.15, -0.1) is 0 Å². The van der Waals surface area contributed by atoms with Crippen LogP contribution in [0.5, 0.6) is 11.5 Å². The normalized spacial score (nSPS) is 10.9. The van der Waals surface area contributed by atoms with Crippen molar-refractivity contribution in [3.8, 4) is 11.5 Å².